The van der Waals surface area contributed by atoms with Crippen LogP contribution in [-0.4, -0.2) is 15.7 Å². The number of rotatable bonds is 2. The summed E-state index contributed by atoms with van der Waals surface area (Å²) in [7, 11) is 1.80. The number of anilines is 2. The normalized spacial score (nSPS) is 10.4. The highest BCUT2D eigenvalue weighted by atomic mass is 16.1. The first-order chi connectivity index (χ1) is 8.49. The Hall–Kier alpha value is -2.30. The number of nitrogens with zero attached hydrogens (tertiary/aromatic N) is 2. The van der Waals surface area contributed by atoms with Crippen molar-refractivity contribution in [2.45, 2.75) is 13.8 Å². The molecule has 5 nitrogen and oxygen atoms in total. The maximum absolute atomic E-state index is 12.1. The summed E-state index contributed by atoms with van der Waals surface area (Å²) in [6.45, 7) is 3.80. The van der Waals surface area contributed by atoms with Gasteiger partial charge in [0.2, 0.25) is 0 Å². The van der Waals surface area contributed by atoms with E-state index < -0.39 is 0 Å². The molecule has 2 aromatic rings. The summed E-state index contributed by atoms with van der Waals surface area (Å²) in [6.07, 6.45) is 1.55. The van der Waals surface area contributed by atoms with Crippen LogP contribution < -0.4 is 11.1 Å². The number of aromatic nitrogens is 2. The number of benzene rings is 1. The van der Waals surface area contributed by atoms with Crippen molar-refractivity contribution in [3.63, 3.8) is 0 Å². The standard InChI is InChI=1S/C13H16N4O/c1-8-4-5-11(14)12(6-8)16-13(18)10-7-15-17(3)9(10)2/h4-7H,14H2,1-3H3,(H,16,18). The van der Waals surface area contributed by atoms with Crippen molar-refractivity contribution in [1.82, 2.24) is 9.78 Å². The molecule has 0 radical (unpaired) electrons. The van der Waals surface area contributed by atoms with Crippen molar-refractivity contribution in [2.75, 3.05) is 11.1 Å². The second-order valence-electron chi connectivity index (χ2n) is 4.31. The minimum Gasteiger partial charge on any atom is -0.397 e. The molecule has 0 saturated carbocycles. The van der Waals surface area contributed by atoms with Crippen molar-refractivity contribution in [1.29, 1.82) is 0 Å². The Morgan fingerprint density at radius 1 is 1.39 bits per heavy atom. The topological polar surface area (TPSA) is 72.9 Å². The van der Waals surface area contributed by atoms with E-state index in [-0.39, 0.29) is 5.91 Å². The van der Waals surface area contributed by atoms with Gasteiger partial charge in [0.05, 0.1) is 23.1 Å². The number of hydrogen-bond acceptors (Lipinski definition) is 3. The average molecular weight is 244 g/mol. The van der Waals surface area contributed by atoms with Crippen molar-refractivity contribution in [3.8, 4) is 0 Å². The zero-order valence-corrected chi connectivity index (χ0v) is 10.7. The molecule has 1 aromatic heterocycles. The van der Waals surface area contributed by atoms with Gasteiger partial charge in [-0.1, -0.05) is 6.07 Å². The molecule has 2 rings (SSSR count). The molecule has 0 fully saturated rings. The lowest BCUT2D eigenvalue weighted by molar-refractivity contribution is 0.102. The molecule has 0 spiro atoms. The Kier molecular flexibility index (Phi) is 3.06. The lowest BCUT2D eigenvalue weighted by atomic mass is 10.2. The number of hydrogen-bond donors (Lipinski definition) is 2. The van der Waals surface area contributed by atoms with Gasteiger partial charge in [-0.15, -0.1) is 0 Å². The first-order valence-electron chi connectivity index (χ1n) is 5.65. The van der Waals surface area contributed by atoms with Gasteiger partial charge in [0.25, 0.3) is 5.91 Å². The van der Waals surface area contributed by atoms with Crippen LogP contribution in [0.4, 0.5) is 11.4 Å². The van der Waals surface area contributed by atoms with Gasteiger partial charge in [-0.05, 0) is 31.5 Å². The smallest absolute Gasteiger partial charge is 0.259 e. The maximum atomic E-state index is 12.1. The van der Waals surface area contributed by atoms with Crippen LogP contribution >= 0.6 is 0 Å². The predicted molar refractivity (Wildman–Crippen MR) is 71.5 cm³/mol. The minimum absolute atomic E-state index is 0.196. The third-order valence-electron chi connectivity index (χ3n) is 2.94. The zero-order chi connectivity index (χ0) is 13.3. The van der Waals surface area contributed by atoms with E-state index in [0.29, 0.717) is 16.9 Å². The number of amides is 1. The van der Waals surface area contributed by atoms with E-state index in [1.54, 1.807) is 24.0 Å². The molecule has 94 valence electrons. The molecule has 0 saturated heterocycles. The van der Waals surface area contributed by atoms with Crippen LogP contribution in [0.25, 0.3) is 0 Å². The first-order valence-corrected chi connectivity index (χ1v) is 5.65. The molecule has 1 heterocycles. The van der Waals surface area contributed by atoms with Gasteiger partial charge >= 0.3 is 0 Å². The number of carbonyl (C=O) groups excluding carboxylic acids is 1. The van der Waals surface area contributed by atoms with Crippen LogP contribution in [0.5, 0.6) is 0 Å². The van der Waals surface area contributed by atoms with E-state index in [9.17, 15) is 4.79 Å². The number of nitrogen functional groups attached to an aromatic ring is 1. The Morgan fingerprint density at radius 2 is 2.11 bits per heavy atom. The first kappa shape index (κ1) is 12.2. The third-order valence-corrected chi connectivity index (χ3v) is 2.94. The third kappa shape index (κ3) is 2.20. The van der Waals surface area contributed by atoms with Crippen LogP contribution in [0, 0.1) is 13.8 Å². The highest BCUT2D eigenvalue weighted by Crippen LogP contribution is 2.20. The van der Waals surface area contributed by atoms with Crippen LogP contribution in [-0.2, 0) is 7.05 Å². The van der Waals surface area contributed by atoms with E-state index in [1.807, 2.05) is 26.0 Å². The summed E-state index contributed by atoms with van der Waals surface area (Å²) in [6, 6.07) is 5.53. The monoisotopic (exact) mass is 244 g/mol. The fourth-order valence-corrected chi connectivity index (χ4v) is 1.69. The molecule has 1 amide bonds. The van der Waals surface area contributed by atoms with E-state index >= 15 is 0 Å². The van der Waals surface area contributed by atoms with Crippen LogP contribution in [0.3, 0.4) is 0 Å². The van der Waals surface area contributed by atoms with E-state index in [2.05, 4.69) is 10.4 Å². The lowest BCUT2D eigenvalue weighted by Gasteiger charge is -2.08. The molecule has 1 aromatic carbocycles. The molecule has 0 aliphatic carbocycles. The van der Waals surface area contributed by atoms with Crippen molar-refractivity contribution < 1.29 is 4.79 Å². The molecular formula is C13H16N4O. The molecule has 0 aliphatic rings. The van der Waals surface area contributed by atoms with E-state index in [1.165, 1.54) is 0 Å². The van der Waals surface area contributed by atoms with Gasteiger partial charge in [-0.2, -0.15) is 5.10 Å². The molecule has 18 heavy (non-hydrogen) atoms. The van der Waals surface area contributed by atoms with Gasteiger partial charge in [0.15, 0.2) is 0 Å². The Bertz CT molecular complexity index is 601. The second-order valence-corrected chi connectivity index (χ2v) is 4.31. The summed E-state index contributed by atoms with van der Waals surface area (Å²) < 4.78 is 1.66. The molecule has 5 heteroatoms. The molecule has 3 N–H and O–H groups in total. The summed E-state index contributed by atoms with van der Waals surface area (Å²) in [5, 5.41) is 6.85. The highest BCUT2D eigenvalue weighted by molar-refractivity contribution is 6.06. The predicted octanol–water partition coefficient (Wildman–Crippen LogP) is 1.87. The summed E-state index contributed by atoms with van der Waals surface area (Å²) in [5.41, 5.74) is 9.42. The van der Waals surface area contributed by atoms with Crippen molar-refractivity contribution in [3.05, 3.63) is 41.2 Å². The fourth-order valence-electron chi connectivity index (χ4n) is 1.69. The fraction of sp³-hybridized carbons (Fsp3) is 0.231. The highest BCUT2D eigenvalue weighted by Gasteiger charge is 2.13. The molecule has 0 bridgehead atoms. The van der Waals surface area contributed by atoms with Crippen LogP contribution in [0.1, 0.15) is 21.6 Å². The van der Waals surface area contributed by atoms with Crippen molar-refractivity contribution in [2.24, 2.45) is 7.05 Å². The average Bonchev–Trinajstić information content (AvgIpc) is 2.65. The SMILES string of the molecule is Cc1ccc(N)c(NC(=O)c2cnn(C)c2C)c1. The number of carbonyl (C=O) groups is 1. The summed E-state index contributed by atoms with van der Waals surface area (Å²) in [4.78, 5) is 12.1. The maximum Gasteiger partial charge on any atom is 0.259 e. The Morgan fingerprint density at radius 3 is 2.72 bits per heavy atom. The number of nitrogens with two attached hydrogens (primary N) is 1. The Labute approximate surface area is 106 Å². The van der Waals surface area contributed by atoms with Crippen LogP contribution in [0.15, 0.2) is 24.4 Å². The molecule has 0 aliphatic heterocycles. The lowest BCUT2D eigenvalue weighted by Crippen LogP contribution is -2.14. The Balaban J connectivity index is 2.27. The quantitative estimate of drug-likeness (QED) is 0.792. The summed E-state index contributed by atoms with van der Waals surface area (Å²) in [5.74, 6) is -0.196. The van der Waals surface area contributed by atoms with Gasteiger partial charge in [0.1, 0.15) is 0 Å². The molecular weight excluding hydrogens is 228 g/mol. The summed E-state index contributed by atoms with van der Waals surface area (Å²) >= 11 is 0. The van der Waals surface area contributed by atoms with Gasteiger partial charge in [-0.3, -0.25) is 9.48 Å². The van der Waals surface area contributed by atoms with Crippen molar-refractivity contribution >= 4 is 17.3 Å². The van der Waals surface area contributed by atoms with Crippen LogP contribution in [0.2, 0.25) is 0 Å². The largest absolute Gasteiger partial charge is 0.397 e. The van der Waals surface area contributed by atoms with Gasteiger partial charge in [0, 0.05) is 12.7 Å². The number of aryl methyl sites for hydroxylation is 2. The van der Waals surface area contributed by atoms with E-state index in [0.717, 1.165) is 11.3 Å². The zero-order valence-electron chi connectivity index (χ0n) is 10.7. The number of nitrogens with one attached hydrogen (secondary N) is 1. The van der Waals surface area contributed by atoms with Gasteiger partial charge < -0.3 is 11.1 Å². The molecule has 0 atom stereocenters. The van der Waals surface area contributed by atoms with Gasteiger partial charge in [-0.25, -0.2) is 0 Å². The van der Waals surface area contributed by atoms with E-state index in [4.69, 9.17) is 5.73 Å². The molecule has 0 unspecified atom stereocenters. The second kappa shape index (κ2) is 4.52. The minimum atomic E-state index is -0.196.